The normalized spacial score (nSPS) is 10.7. The minimum atomic E-state index is -0.239. The number of nitrogens with one attached hydrogen (secondary N) is 1. The van der Waals surface area contributed by atoms with Crippen molar-refractivity contribution in [2.45, 2.75) is 58.3 Å². The summed E-state index contributed by atoms with van der Waals surface area (Å²) in [5.74, 6) is 0. The molecule has 0 aliphatic carbocycles. The van der Waals surface area contributed by atoms with Gasteiger partial charge in [-0.15, -0.1) is 0 Å². The van der Waals surface area contributed by atoms with Crippen LogP contribution in [0.15, 0.2) is 0 Å². The number of halogens is 1. The molecule has 2 heteroatoms. The lowest BCUT2D eigenvalue weighted by Gasteiger charge is -2.02. The van der Waals surface area contributed by atoms with E-state index in [0.717, 1.165) is 6.54 Å². The van der Waals surface area contributed by atoms with Crippen molar-refractivity contribution in [3.8, 4) is 0 Å². The molecule has 0 heterocycles. The van der Waals surface area contributed by atoms with Gasteiger partial charge in [0.15, 0.2) is 0 Å². The van der Waals surface area contributed by atoms with Crippen LogP contribution in [-0.2, 0) is 0 Å². The van der Waals surface area contributed by atoms with E-state index in [1.165, 1.54) is 51.4 Å². The smallest absolute Gasteiger partial charge is 0.102 e. The predicted molar refractivity (Wildman–Crippen MR) is 61.5 cm³/mol. The molecule has 0 aliphatic heterocycles. The summed E-state index contributed by atoms with van der Waals surface area (Å²) < 4.78 is 11.7. The summed E-state index contributed by atoms with van der Waals surface area (Å²) in [5.41, 5.74) is 0. The summed E-state index contributed by atoms with van der Waals surface area (Å²) in [6.07, 6.45) is 10.7. The Bertz CT molecular complexity index is 84.3. The molecule has 0 bridgehead atoms. The molecular formula is C12H26FN. The van der Waals surface area contributed by atoms with Crippen LogP contribution in [0.3, 0.4) is 0 Å². The van der Waals surface area contributed by atoms with Crippen LogP contribution in [0.4, 0.5) is 4.39 Å². The van der Waals surface area contributed by atoms with Crippen molar-refractivity contribution in [1.29, 1.82) is 0 Å². The Morgan fingerprint density at radius 1 is 0.786 bits per heavy atom. The van der Waals surface area contributed by atoms with Crippen molar-refractivity contribution in [3.63, 3.8) is 0 Å². The molecule has 0 radical (unpaired) electrons. The van der Waals surface area contributed by atoms with E-state index in [9.17, 15) is 4.39 Å². The Labute approximate surface area is 88.5 Å². The molecule has 0 aliphatic rings. The zero-order valence-electron chi connectivity index (χ0n) is 9.66. The number of rotatable bonds is 11. The minimum absolute atomic E-state index is 0.239. The molecule has 0 unspecified atom stereocenters. The van der Waals surface area contributed by atoms with E-state index in [1.54, 1.807) is 0 Å². The summed E-state index contributed by atoms with van der Waals surface area (Å²) in [5, 5.41) is 3.07. The molecule has 0 saturated heterocycles. The van der Waals surface area contributed by atoms with E-state index in [0.29, 0.717) is 6.54 Å². The standard InChI is InChI=1S/C12H26FN/c1-2-3-4-5-6-7-8-9-11-14-12-10-13/h14H,2-12H2,1H3. The lowest BCUT2D eigenvalue weighted by Crippen LogP contribution is -2.17. The molecule has 86 valence electrons. The fraction of sp³-hybridized carbons (Fsp3) is 1.00. The molecule has 0 amide bonds. The van der Waals surface area contributed by atoms with Gasteiger partial charge in [-0.2, -0.15) is 0 Å². The third kappa shape index (κ3) is 11.9. The minimum Gasteiger partial charge on any atom is -0.314 e. The van der Waals surface area contributed by atoms with Gasteiger partial charge in [-0.05, 0) is 13.0 Å². The molecule has 14 heavy (non-hydrogen) atoms. The van der Waals surface area contributed by atoms with Gasteiger partial charge in [0.05, 0.1) is 0 Å². The fourth-order valence-corrected chi connectivity index (χ4v) is 1.58. The highest BCUT2D eigenvalue weighted by atomic mass is 19.1. The third-order valence-corrected chi connectivity index (χ3v) is 2.48. The summed E-state index contributed by atoms with van der Waals surface area (Å²) in [6, 6.07) is 0. The molecule has 0 rings (SSSR count). The van der Waals surface area contributed by atoms with Gasteiger partial charge in [0.1, 0.15) is 6.67 Å². The monoisotopic (exact) mass is 203 g/mol. The molecule has 0 aromatic heterocycles. The second kappa shape index (κ2) is 12.9. The second-order valence-electron chi connectivity index (χ2n) is 3.91. The van der Waals surface area contributed by atoms with Crippen LogP contribution in [0.25, 0.3) is 0 Å². The first-order valence-electron chi connectivity index (χ1n) is 6.18. The molecule has 0 fully saturated rings. The number of hydrogen-bond acceptors (Lipinski definition) is 1. The van der Waals surface area contributed by atoms with E-state index in [4.69, 9.17) is 0 Å². The Kier molecular flexibility index (Phi) is 12.8. The molecule has 0 spiro atoms. The zero-order chi connectivity index (χ0) is 10.5. The van der Waals surface area contributed by atoms with Crippen LogP contribution >= 0.6 is 0 Å². The lowest BCUT2D eigenvalue weighted by molar-refractivity contribution is 0.460. The van der Waals surface area contributed by atoms with Crippen LogP contribution in [-0.4, -0.2) is 19.8 Å². The van der Waals surface area contributed by atoms with E-state index >= 15 is 0 Å². The molecule has 1 nitrogen and oxygen atoms in total. The van der Waals surface area contributed by atoms with Crippen LogP contribution in [0, 0.1) is 0 Å². The molecule has 0 atom stereocenters. The molecule has 1 N–H and O–H groups in total. The highest BCUT2D eigenvalue weighted by Gasteiger charge is 1.91. The quantitative estimate of drug-likeness (QED) is 0.505. The topological polar surface area (TPSA) is 12.0 Å². The van der Waals surface area contributed by atoms with Crippen LogP contribution in [0.1, 0.15) is 58.3 Å². The fourth-order valence-electron chi connectivity index (χ4n) is 1.58. The van der Waals surface area contributed by atoms with Gasteiger partial charge >= 0.3 is 0 Å². The number of alkyl halides is 1. The van der Waals surface area contributed by atoms with Gasteiger partial charge in [-0.3, -0.25) is 0 Å². The summed E-state index contributed by atoms with van der Waals surface area (Å²) >= 11 is 0. The Morgan fingerprint density at radius 3 is 1.93 bits per heavy atom. The van der Waals surface area contributed by atoms with Gasteiger partial charge in [-0.1, -0.05) is 51.9 Å². The van der Waals surface area contributed by atoms with E-state index < -0.39 is 0 Å². The first-order chi connectivity index (χ1) is 6.91. The van der Waals surface area contributed by atoms with Gasteiger partial charge in [0, 0.05) is 6.54 Å². The Morgan fingerprint density at radius 2 is 1.36 bits per heavy atom. The SMILES string of the molecule is CCCCCCCCCCNCCF. The number of hydrogen-bond donors (Lipinski definition) is 1. The first-order valence-corrected chi connectivity index (χ1v) is 6.18. The van der Waals surface area contributed by atoms with Crippen LogP contribution in [0.5, 0.6) is 0 Å². The Hall–Kier alpha value is -0.110. The van der Waals surface area contributed by atoms with Gasteiger partial charge in [0.2, 0.25) is 0 Å². The van der Waals surface area contributed by atoms with Crippen molar-refractivity contribution in [3.05, 3.63) is 0 Å². The summed E-state index contributed by atoms with van der Waals surface area (Å²) in [7, 11) is 0. The lowest BCUT2D eigenvalue weighted by atomic mass is 10.1. The van der Waals surface area contributed by atoms with Crippen molar-refractivity contribution < 1.29 is 4.39 Å². The molecule has 0 aromatic rings. The van der Waals surface area contributed by atoms with Gasteiger partial charge in [-0.25, -0.2) is 4.39 Å². The maximum atomic E-state index is 11.7. The molecule has 0 aromatic carbocycles. The maximum absolute atomic E-state index is 11.7. The maximum Gasteiger partial charge on any atom is 0.102 e. The van der Waals surface area contributed by atoms with Crippen LogP contribution < -0.4 is 5.32 Å². The van der Waals surface area contributed by atoms with Crippen LogP contribution in [0.2, 0.25) is 0 Å². The summed E-state index contributed by atoms with van der Waals surface area (Å²) in [4.78, 5) is 0. The summed E-state index contributed by atoms with van der Waals surface area (Å²) in [6.45, 7) is 3.52. The largest absolute Gasteiger partial charge is 0.314 e. The molecule has 0 saturated carbocycles. The average Bonchev–Trinajstić information content (AvgIpc) is 2.21. The van der Waals surface area contributed by atoms with E-state index in [-0.39, 0.29) is 6.67 Å². The zero-order valence-corrected chi connectivity index (χ0v) is 9.66. The van der Waals surface area contributed by atoms with Crippen molar-refractivity contribution >= 4 is 0 Å². The van der Waals surface area contributed by atoms with E-state index in [1.807, 2.05) is 0 Å². The second-order valence-corrected chi connectivity index (χ2v) is 3.91. The highest BCUT2D eigenvalue weighted by Crippen LogP contribution is 2.07. The van der Waals surface area contributed by atoms with Crippen molar-refractivity contribution in [2.24, 2.45) is 0 Å². The average molecular weight is 203 g/mol. The van der Waals surface area contributed by atoms with Crippen molar-refractivity contribution in [1.82, 2.24) is 5.32 Å². The molecular weight excluding hydrogens is 177 g/mol. The Balaban J connectivity index is 2.78. The third-order valence-electron chi connectivity index (χ3n) is 2.48. The predicted octanol–water partition coefficient (Wildman–Crippen LogP) is 3.69. The van der Waals surface area contributed by atoms with Gasteiger partial charge < -0.3 is 5.32 Å². The highest BCUT2D eigenvalue weighted by molar-refractivity contribution is 4.49. The van der Waals surface area contributed by atoms with Crippen molar-refractivity contribution in [2.75, 3.05) is 19.8 Å². The van der Waals surface area contributed by atoms with E-state index in [2.05, 4.69) is 12.2 Å². The number of unbranched alkanes of at least 4 members (excludes halogenated alkanes) is 7. The first kappa shape index (κ1) is 13.9. The van der Waals surface area contributed by atoms with Gasteiger partial charge in [0.25, 0.3) is 0 Å².